The third kappa shape index (κ3) is 4.78. The maximum Gasteiger partial charge on any atom is 0.325 e. The van der Waals surface area contributed by atoms with Gasteiger partial charge < -0.3 is 10.6 Å². The van der Waals surface area contributed by atoms with Crippen molar-refractivity contribution in [1.29, 1.82) is 0 Å². The van der Waals surface area contributed by atoms with Crippen LogP contribution >= 0.6 is 22.9 Å². The Morgan fingerprint density at radius 2 is 1.77 bits per heavy atom. The molecule has 0 unspecified atom stereocenters. The molecule has 0 saturated heterocycles. The van der Waals surface area contributed by atoms with E-state index < -0.39 is 17.8 Å². The molecule has 3 aromatic rings. The minimum absolute atomic E-state index is 0.136. The number of carbonyl (C=O) groups excluding carboxylic acids is 2. The zero-order valence-corrected chi connectivity index (χ0v) is 14.7. The van der Waals surface area contributed by atoms with Gasteiger partial charge in [-0.25, -0.2) is 14.2 Å². The summed E-state index contributed by atoms with van der Waals surface area (Å²) >= 11 is 6.96. The van der Waals surface area contributed by atoms with Crippen LogP contribution in [0.3, 0.4) is 0 Å². The highest BCUT2D eigenvalue weighted by atomic mass is 35.5. The van der Waals surface area contributed by atoms with Gasteiger partial charge in [0.15, 0.2) is 5.13 Å². The van der Waals surface area contributed by atoms with Gasteiger partial charge in [0.1, 0.15) is 11.5 Å². The maximum absolute atomic E-state index is 12.9. The molecule has 26 heavy (non-hydrogen) atoms. The summed E-state index contributed by atoms with van der Waals surface area (Å²) in [5.41, 5.74) is 1.11. The van der Waals surface area contributed by atoms with E-state index in [1.165, 1.54) is 29.6 Å². The Labute approximate surface area is 157 Å². The average Bonchev–Trinajstić information content (AvgIpc) is 3.05. The zero-order valence-electron chi connectivity index (χ0n) is 13.1. The third-order valence-electron chi connectivity index (χ3n) is 3.14. The van der Waals surface area contributed by atoms with Crippen LogP contribution in [0.15, 0.2) is 53.9 Å². The Balaban J connectivity index is 1.59. The molecule has 3 N–H and O–H groups in total. The number of aromatic nitrogens is 1. The van der Waals surface area contributed by atoms with Gasteiger partial charge in [0.2, 0.25) is 0 Å². The highest BCUT2D eigenvalue weighted by Gasteiger charge is 2.13. The predicted molar refractivity (Wildman–Crippen MR) is 101 cm³/mol. The Hall–Kier alpha value is -2.97. The number of benzene rings is 2. The second-order valence-electron chi connectivity index (χ2n) is 5.09. The van der Waals surface area contributed by atoms with Gasteiger partial charge >= 0.3 is 6.03 Å². The first-order valence-corrected chi connectivity index (χ1v) is 8.61. The average molecular weight is 391 g/mol. The standard InChI is InChI=1S/C17H12ClFN4O2S/c18-10-2-1-3-13(8-10)21-16(25)23-17-22-14(9-26-17)15(24)20-12-6-4-11(19)5-7-12/h1-9H,(H,20,24)(H2,21,22,23,25). The SMILES string of the molecule is O=C(Nc1cccc(Cl)c1)Nc1nc(C(=O)Nc2ccc(F)cc2)cs1. The lowest BCUT2D eigenvalue weighted by Gasteiger charge is -2.05. The van der Waals surface area contributed by atoms with E-state index in [-0.39, 0.29) is 10.8 Å². The van der Waals surface area contributed by atoms with E-state index in [2.05, 4.69) is 20.9 Å². The number of anilines is 3. The summed E-state index contributed by atoms with van der Waals surface area (Å²) in [4.78, 5) is 28.1. The molecule has 0 bridgehead atoms. The Bertz CT molecular complexity index is 946. The molecule has 132 valence electrons. The highest BCUT2D eigenvalue weighted by Crippen LogP contribution is 2.19. The first kappa shape index (κ1) is 17.8. The smallest absolute Gasteiger partial charge is 0.321 e. The summed E-state index contributed by atoms with van der Waals surface area (Å²) in [7, 11) is 0. The largest absolute Gasteiger partial charge is 0.325 e. The van der Waals surface area contributed by atoms with Crippen LogP contribution in [0, 0.1) is 5.82 Å². The van der Waals surface area contributed by atoms with Crippen molar-refractivity contribution in [2.45, 2.75) is 0 Å². The second-order valence-corrected chi connectivity index (χ2v) is 6.38. The van der Waals surface area contributed by atoms with Crippen LogP contribution in [-0.2, 0) is 0 Å². The molecule has 0 atom stereocenters. The van der Waals surface area contributed by atoms with Crippen LogP contribution in [0.25, 0.3) is 0 Å². The lowest BCUT2D eigenvalue weighted by molar-refractivity contribution is 0.102. The Kier molecular flexibility index (Phi) is 5.45. The first-order valence-electron chi connectivity index (χ1n) is 7.35. The van der Waals surface area contributed by atoms with Crippen molar-refractivity contribution in [3.05, 3.63) is 70.4 Å². The summed E-state index contributed by atoms with van der Waals surface area (Å²) in [5, 5.41) is 10.0. The summed E-state index contributed by atoms with van der Waals surface area (Å²) in [5.74, 6) is -0.856. The Morgan fingerprint density at radius 3 is 2.50 bits per heavy atom. The number of urea groups is 1. The van der Waals surface area contributed by atoms with Crippen LogP contribution in [0.1, 0.15) is 10.5 Å². The molecule has 3 rings (SSSR count). The molecule has 6 nitrogen and oxygen atoms in total. The number of rotatable bonds is 4. The van der Waals surface area contributed by atoms with Gasteiger partial charge in [-0.3, -0.25) is 10.1 Å². The van der Waals surface area contributed by atoms with Gasteiger partial charge in [-0.05, 0) is 42.5 Å². The van der Waals surface area contributed by atoms with Crippen LogP contribution in [0.4, 0.5) is 25.7 Å². The van der Waals surface area contributed by atoms with E-state index in [9.17, 15) is 14.0 Å². The number of amides is 3. The monoisotopic (exact) mass is 390 g/mol. The van der Waals surface area contributed by atoms with Gasteiger partial charge in [-0.15, -0.1) is 11.3 Å². The van der Waals surface area contributed by atoms with E-state index >= 15 is 0 Å². The molecule has 2 aromatic carbocycles. The minimum Gasteiger partial charge on any atom is -0.321 e. The van der Waals surface area contributed by atoms with Gasteiger partial charge in [-0.1, -0.05) is 17.7 Å². The van der Waals surface area contributed by atoms with E-state index in [0.717, 1.165) is 11.3 Å². The van der Waals surface area contributed by atoms with E-state index in [1.807, 2.05) is 0 Å². The van der Waals surface area contributed by atoms with Crippen LogP contribution in [0.2, 0.25) is 5.02 Å². The van der Waals surface area contributed by atoms with Crippen molar-refractivity contribution in [3.8, 4) is 0 Å². The summed E-state index contributed by atoms with van der Waals surface area (Å²) < 4.78 is 12.9. The molecule has 0 saturated carbocycles. The predicted octanol–water partition coefficient (Wildman–Crippen LogP) is 4.83. The molecule has 3 amide bonds. The highest BCUT2D eigenvalue weighted by molar-refractivity contribution is 7.14. The molecular formula is C17H12ClFN4O2S. The first-order chi connectivity index (χ1) is 12.5. The van der Waals surface area contributed by atoms with Gasteiger partial charge in [-0.2, -0.15) is 0 Å². The van der Waals surface area contributed by atoms with E-state index in [0.29, 0.717) is 16.4 Å². The second kappa shape index (κ2) is 7.94. The lowest BCUT2D eigenvalue weighted by Crippen LogP contribution is -2.19. The van der Waals surface area contributed by atoms with Crippen molar-refractivity contribution in [2.24, 2.45) is 0 Å². The molecule has 0 aliphatic carbocycles. The number of nitrogens with one attached hydrogen (secondary N) is 3. The number of hydrogen-bond donors (Lipinski definition) is 3. The number of carbonyl (C=O) groups is 2. The van der Waals surface area contributed by atoms with Crippen LogP contribution in [-0.4, -0.2) is 16.9 Å². The van der Waals surface area contributed by atoms with E-state index in [1.54, 1.807) is 24.3 Å². The summed E-state index contributed by atoms with van der Waals surface area (Å²) in [6, 6.07) is 11.5. The van der Waals surface area contributed by atoms with Gasteiger partial charge in [0, 0.05) is 21.8 Å². The molecule has 0 aliphatic heterocycles. The zero-order chi connectivity index (χ0) is 18.5. The number of halogens is 2. The molecule has 0 radical (unpaired) electrons. The van der Waals surface area contributed by atoms with Gasteiger partial charge in [0.05, 0.1) is 0 Å². The normalized spacial score (nSPS) is 10.2. The lowest BCUT2D eigenvalue weighted by atomic mass is 10.3. The molecule has 0 aliphatic rings. The van der Waals surface area contributed by atoms with Crippen LogP contribution < -0.4 is 16.0 Å². The van der Waals surface area contributed by atoms with E-state index in [4.69, 9.17) is 11.6 Å². The van der Waals surface area contributed by atoms with Crippen molar-refractivity contribution < 1.29 is 14.0 Å². The quantitative estimate of drug-likeness (QED) is 0.596. The van der Waals surface area contributed by atoms with Crippen molar-refractivity contribution in [3.63, 3.8) is 0 Å². The van der Waals surface area contributed by atoms with Crippen molar-refractivity contribution in [1.82, 2.24) is 4.98 Å². The number of hydrogen-bond acceptors (Lipinski definition) is 4. The Morgan fingerprint density at radius 1 is 1.00 bits per heavy atom. The molecule has 1 aromatic heterocycles. The van der Waals surface area contributed by atoms with Crippen LogP contribution in [0.5, 0.6) is 0 Å². The third-order valence-corrected chi connectivity index (χ3v) is 4.13. The van der Waals surface area contributed by atoms with Crippen molar-refractivity contribution >= 4 is 51.4 Å². The maximum atomic E-state index is 12.9. The fourth-order valence-corrected chi connectivity index (χ4v) is 2.87. The molecule has 0 spiro atoms. The number of thiazole rings is 1. The number of nitrogens with zero attached hydrogens (tertiary/aromatic N) is 1. The molecule has 0 fully saturated rings. The molecule has 9 heteroatoms. The fraction of sp³-hybridized carbons (Fsp3) is 0. The summed E-state index contributed by atoms with van der Waals surface area (Å²) in [6.45, 7) is 0. The molecular weight excluding hydrogens is 379 g/mol. The topological polar surface area (TPSA) is 83.1 Å². The van der Waals surface area contributed by atoms with Crippen molar-refractivity contribution in [2.75, 3.05) is 16.0 Å². The fourth-order valence-electron chi connectivity index (χ4n) is 1.99. The summed E-state index contributed by atoms with van der Waals surface area (Å²) in [6.07, 6.45) is 0. The van der Waals surface area contributed by atoms with Gasteiger partial charge in [0.25, 0.3) is 5.91 Å². The molecule has 1 heterocycles. The minimum atomic E-state index is -0.507.